The third kappa shape index (κ3) is 2.48. The minimum atomic E-state index is -0.271. The number of pyridine rings is 1. The van der Waals surface area contributed by atoms with Gasteiger partial charge in [0.1, 0.15) is 22.1 Å². The zero-order valence-electron chi connectivity index (χ0n) is 9.88. The fourth-order valence-corrected chi connectivity index (χ4v) is 1.97. The van der Waals surface area contributed by atoms with Crippen molar-refractivity contribution in [2.45, 2.75) is 6.42 Å². The Bertz CT molecular complexity index is 513. The maximum absolute atomic E-state index is 11.9. The summed E-state index contributed by atoms with van der Waals surface area (Å²) in [4.78, 5) is 17.7. The SMILES string of the molecule is CN1CCC(O)=C(C(=S)Nc2ccccn2)C1=O. The van der Waals surface area contributed by atoms with Gasteiger partial charge >= 0.3 is 0 Å². The first kappa shape index (κ1) is 12.5. The monoisotopic (exact) mass is 263 g/mol. The van der Waals surface area contributed by atoms with Crippen LogP contribution in [-0.4, -0.2) is 39.5 Å². The number of nitrogens with zero attached hydrogens (tertiary/aromatic N) is 2. The standard InChI is InChI=1S/C12H13N3O2S/c1-15-7-5-8(16)10(12(15)17)11(18)14-9-4-2-3-6-13-9/h2-4,6,16H,5,7H2,1H3,(H,13,14,18). The summed E-state index contributed by atoms with van der Waals surface area (Å²) in [5.41, 5.74) is 0.157. The molecule has 6 heteroatoms. The third-order valence-electron chi connectivity index (χ3n) is 2.67. The van der Waals surface area contributed by atoms with E-state index in [0.717, 1.165) is 0 Å². The highest BCUT2D eigenvalue weighted by Crippen LogP contribution is 2.18. The van der Waals surface area contributed by atoms with Gasteiger partial charge in [-0.1, -0.05) is 18.3 Å². The first-order valence-electron chi connectivity index (χ1n) is 5.49. The van der Waals surface area contributed by atoms with Crippen molar-refractivity contribution in [3.63, 3.8) is 0 Å². The predicted molar refractivity (Wildman–Crippen MR) is 72.4 cm³/mol. The number of aliphatic hydroxyl groups excluding tert-OH is 1. The molecule has 0 bridgehead atoms. The van der Waals surface area contributed by atoms with Gasteiger partial charge in [-0.2, -0.15) is 0 Å². The van der Waals surface area contributed by atoms with E-state index in [4.69, 9.17) is 12.2 Å². The molecule has 0 saturated heterocycles. The zero-order valence-corrected chi connectivity index (χ0v) is 10.7. The molecular formula is C12H13N3O2S. The van der Waals surface area contributed by atoms with E-state index in [0.29, 0.717) is 18.8 Å². The van der Waals surface area contributed by atoms with E-state index in [1.165, 1.54) is 4.90 Å². The van der Waals surface area contributed by atoms with Gasteiger partial charge in [0.05, 0.1) is 0 Å². The van der Waals surface area contributed by atoms with Crippen LogP contribution in [0.1, 0.15) is 6.42 Å². The predicted octanol–water partition coefficient (Wildman–Crippen LogP) is 1.50. The number of likely N-dealkylation sites (N-methyl/N-ethyl adjacent to an activating group) is 1. The van der Waals surface area contributed by atoms with Crippen molar-refractivity contribution in [3.05, 3.63) is 35.7 Å². The molecule has 18 heavy (non-hydrogen) atoms. The number of aromatic nitrogens is 1. The highest BCUT2D eigenvalue weighted by Gasteiger charge is 2.27. The van der Waals surface area contributed by atoms with Crippen LogP contribution >= 0.6 is 12.2 Å². The Hall–Kier alpha value is -1.95. The number of nitrogens with one attached hydrogen (secondary N) is 1. The van der Waals surface area contributed by atoms with Crippen LogP contribution in [0.25, 0.3) is 0 Å². The largest absolute Gasteiger partial charge is 0.511 e. The molecule has 0 aliphatic carbocycles. The van der Waals surface area contributed by atoms with Gasteiger partial charge in [-0.25, -0.2) is 4.98 Å². The lowest BCUT2D eigenvalue weighted by Crippen LogP contribution is -2.38. The second-order valence-corrected chi connectivity index (χ2v) is 4.38. The quantitative estimate of drug-likeness (QED) is 0.792. The van der Waals surface area contributed by atoms with E-state index >= 15 is 0 Å². The van der Waals surface area contributed by atoms with Crippen molar-refractivity contribution < 1.29 is 9.90 Å². The molecule has 2 heterocycles. The summed E-state index contributed by atoms with van der Waals surface area (Å²) in [6.45, 7) is 0.500. The summed E-state index contributed by atoms with van der Waals surface area (Å²) in [7, 11) is 1.68. The van der Waals surface area contributed by atoms with Crippen molar-refractivity contribution in [3.8, 4) is 0 Å². The molecule has 1 aromatic heterocycles. The van der Waals surface area contributed by atoms with Gasteiger partial charge in [0, 0.05) is 26.2 Å². The lowest BCUT2D eigenvalue weighted by molar-refractivity contribution is -0.126. The van der Waals surface area contributed by atoms with Crippen LogP contribution < -0.4 is 5.32 Å². The highest BCUT2D eigenvalue weighted by molar-refractivity contribution is 7.81. The van der Waals surface area contributed by atoms with Crippen LogP contribution in [0.3, 0.4) is 0 Å². The molecule has 94 valence electrons. The third-order valence-corrected chi connectivity index (χ3v) is 2.97. The number of thiocarbonyl (C=S) groups is 1. The summed E-state index contributed by atoms with van der Waals surface area (Å²) in [5.74, 6) is 0.308. The normalized spacial score (nSPS) is 15.8. The molecule has 0 atom stereocenters. The van der Waals surface area contributed by atoms with Crippen LogP contribution in [0.15, 0.2) is 35.7 Å². The molecule has 1 aliphatic heterocycles. The minimum absolute atomic E-state index is 0.0338. The van der Waals surface area contributed by atoms with Crippen molar-refractivity contribution in [2.75, 3.05) is 18.9 Å². The van der Waals surface area contributed by atoms with Crippen molar-refractivity contribution >= 4 is 28.9 Å². The van der Waals surface area contributed by atoms with E-state index in [1.807, 2.05) is 0 Å². The molecule has 0 fully saturated rings. The van der Waals surface area contributed by atoms with E-state index < -0.39 is 0 Å². The van der Waals surface area contributed by atoms with E-state index in [1.54, 1.807) is 31.4 Å². The molecule has 2 N–H and O–H groups in total. The van der Waals surface area contributed by atoms with Gasteiger partial charge in [0.2, 0.25) is 0 Å². The van der Waals surface area contributed by atoms with Crippen LogP contribution in [0.4, 0.5) is 5.82 Å². The smallest absolute Gasteiger partial charge is 0.260 e. The van der Waals surface area contributed by atoms with E-state index in [9.17, 15) is 9.90 Å². The number of carbonyl (C=O) groups is 1. The van der Waals surface area contributed by atoms with Gasteiger partial charge in [-0.3, -0.25) is 4.79 Å². The van der Waals surface area contributed by atoms with Gasteiger partial charge in [-0.05, 0) is 12.1 Å². The van der Waals surface area contributed by atoms with Crippen LogP contribution in [0.2, 0.25) is 0 Å². The molecule has 5 nitrogen and oxygen atoms in total. The zero-order chi connectivity index (χ0) is 13.1. The maximum atomic E-state index is 11.9. The highest BCUT2D eigenvalue weighted by atomic mass is 32.1. The molecule has 0 radical (unpaired) electrons. The van der Waals surface area contributed by atoms with Gasteiger partial charge in [0.25, 0.3) is 5.91 Å². The van der Waals surface area contributed by atoms with Gasteiger partial charge in [-0.15, -0.1) is 0 Å². The Morgan fingerprint density at radius 1 is 1.56 bits per heavy atom. The lowest BCUT2D eigenvalue weighted by atomic mass is 10.1. The summed E-state index contributed by atoms with van der Waals surface area (Å²) in [5, 5.41) is 12.6. The molecule has 0 unspecified atom stereocenters. The number of amides is 1. The summed E-state index contributed by atoms with van der Waals surface area (Å²) in [6, 6.07) is 5.33. The second kappa shape index (κ2) is 5.14. The average molecular weight is 263 g/mol. The number of hydrogen-bond acceptors (Lipinski definition) is 4. The van der Waals surface area contributed by atoms with Gasteiger partial charge < -0.3 is 15.3 Å². The Kier molecular flexibility index (Phi) is 3.57. The minimum Gasteiger partial charge on any atom is -0.511 e. The fraction of sp³-hybridized carbons (Fsp3) is 0.250. The lowest BCUT2D eigenvalue weighted by Gasteiger charge is -2.25. The molecular weight excluding hydrogens is 250 g/mol. The molecule has 1 aromatic rings. The molecule has 1 aliphatic rings. The summed E-state index contributed by atoms with van der Waals surface area (Å²) < 4.78 is 0. The van der Waals surface area contributed by atoms with E-state index in [-0.39, 0.29) is 22.2 Å². The van der Waals surface area contributed by atoms with Crippen molar-refractivity contribution in [1.29, 1.82) is 0 Å². The summed E-state index contributed by atoms with van der Waals surface area (Å²) >= 11 is 5.15. The van der Waals surface area contributed by atoms with Crippen molar-refractivity contribution in [1.82, 2.24) is 9.88 Å². The van der Waals surface area contributed by atoms with Crippen molar-refractivity contribution in [2.24, 2.45) is 0 Å². The first-order chi connectivity index (χ1) is 8.59. The maximum Gasteiger partial charge on any atom is 0.260 e. The number of aliphatic hydroxyl groups is 1. The topological polar surface area (TPSA) is 65.5 Å². The Balaban J connectivity index is 2.21. The molecule has 2 rings (SSSR count). The first-order valence-corrected chi connectivity index (χ1v) is 5.90. The average Bonchev–Trinajstić information content (AvgIpc) is 2.36. The Labute approximate surface area is 110 Å². The Morgan fingerprint density at radius 3 is 3.00 bits per heavy atom. The van der Waals surface area contributed by atoms with Crippen LogP contribution in [0, 0.1) is 0 Å². The number of rotatable bonds is 2. The fourth-order valence-electron chi connectivity index (χ4n) is 1.66. The van der Waals surface area contributed by atoms with E-state index in [2.05, 4.69) is 10.3 Å². The molecule has 0 saturated carbocycles. The second-order valence-electron chi connectivity index (χ2n) is 3.97. The molecule has 0 spiro atoms. The number of anilines is 1. The Morgan fingerprint density at radius 2 is 2.33 bits per heavy atom. The summed E-state index contributed by atoms with van der Waals surface area (Å²) in [6.07, 6.45) is 2.04. The molecule has 1 amide bonds. The molecule has 0 aromatic carbocycles. The number of carbonyl (C=O) groups excluding carboxylic acids is 1. The number of hydrogen-bond donors (Lipinski definition) is 2. The van der Waals surface area contributed by atoms with Gasteiger partial charge in [0.15, 0.2) is 0 Å². The van der Waals surface area contributed by atoms with Crippen LogP contribution in [-0.2, 0) is 4.79 Å². The van der Waals surface area contributed by atoms with Crippen LogP contribution in [0.5, 0.6) is 0 Å².